The van der Waals surface area contributed by atoms with Gasteiger partial charge in [-0.3, -0.25) is 4.98 Å². The molecule has 0 radical (unpaired) electrons. The second-order valence-corrected chi connectivity index (χ2v) is 11.7. The predicted molar refractivity (Wildman–Crippen MR) is 160 cm³/mol. The summed E-state index contributed by atoms with van der Waals surface area (Å²) in [5.41, 5.74) is 3.69. The Morgan fingerprint density at radius 2 is 1.24 bits per heavy atom. The van der Waals surface area contributed by atoms with Crippen molar-refractivity contribution >= 4 is 0 Å². The van der Waals surface area contributed by atoms with Gasteiger partial charge in [-0.2, -0.15) is 0 Å². The van der Waals surface area contributed by atoms with E-state index in [9.17, 15) is 0 Å². The van der Waals surface area contributed by atoms with Crippen LogP contribution in [-0.2, 0) is 6.42 Å². The molecule has 2 nitrogen and oxygen atoms in total. The van der Waals surface area contributed by atoms with E-state index in [1.165, 1.54) is 127 Å². The Morgan fingerprint density at radius 1 is 0.649 bits per heavy atom. The topological polar surface area (TPSA) is 22.1 Å². The van der Waals surface area contributed by atoms with Gasteiger partial charge in [0.2, 0.25) is 0 Å². The Morgan fingerprint density at radius 3 is 1.86 bits per heavy atom. The summed E-state index contributed by atoms with van der Waals surface area (Å²) in [6.45, 7) is 5.36. The molecule has 0 saturated heterocycles. The van der Waals surface area contributed by atoms with Crippen molar-refractivity contribution in [2.24, 2.45) is 11.8 Å². The van der Waals surface area contributed by atoms with Crippen LogP contribution in [0, 0.1) is 11.8 Å². The van der Waals surface area contributed by atoms with Gasteiger partial charge in [0.25, 0.3) is 0 Å². The molecule has 0 spiro atoms. The number of rotatable bonds is 19. The van der Waals surface area contributed by atoms with Crippen molar-refractivity contribution in [3.8, 4) is 17.0 Å². The first-order chi connectivity index (χ1) is 18.3. The van der Waals surface area contributed by atoms with Crippen molar-refractivity contribution in [2.75, 3.05) is 6.61 Å². The molecule has 0 unspecified atom stereocenters. The number of hydrogen-bond donors (Lipinski definition) is 0. The smallest absolute Gasteiger partial charge is 0.137 e. The number of aromatic nitrogens is 1. The van der Waals surface area contributed by atoms with Crippen LogP contribution in [0.1, 0.15) is 135 Å². The fourth-order valence-corrected chi connectivity index (χ4v) is 5.94. The van der Waals surface area contributed by atoms with E-state index in [1.807, 2.05) is 6.20 Å². The number of pyridine rings is 1. The molecule has 1 aliphatic rings. The lowest BCUT2D eigenvalue weighted by atomic mass is 9.77. The van der Waals surface area contributed by atoms with Crippen molar-refractivity contribution in [2.45, 2.75) is 136 Å². The minimum atomic E-state index is 0.794. The second kappa shape index (κ2) is 18.4. The highest BCUT2D eigenvalue weighted by atomic mass is 16.5. The molecule has 3 rings (SSSR count). The summed E-state index contributed by atoms with van der Waals surface area (Å²) in [5.74, 6) is 2.84. The number of nitrogens with zero attached hydrogens (tertiary/aromatic N) is 1. The standard InChI is InChI=1S/C35H55NO/c1-3-5-7-9-11-13-15-30-16-18-31(19-17-30)20-21-32-22-24-33(25-23-32)35-27-26-34(29-36-35)37-28-14-12-10-8-6-4-2/h22-27,29-31H,3-21,28H2,1-2H3. The lowest BCUT2D eigenvalue weighted by Crippen LogP contribution is -2.15. The van der Waals surface area contributed by atoms with Crippen molar-refractivity contribution in [1.82, 2.24) is 4.98 Å². The minimum absolute atomic E-state index is 0.794. The van der Waals surface area contributed by atoms with Gasteiger partial charge in [0, 0.05) is 5.56 Å². The molecular formula is C35H55NO. The normalized spacial score (nSPS) is 17.7. The van der Waals surface area contributed by atoms with Gasteiger partial charge in [0.05, 0.1) is 18.5 Å². The Bertz CT molecular complexity index is 804. The van der Waals surface area contributed by atoms with Crippen LogP contribution in [0.4, 0.5) is 0 Å². The highest BCUT2D eigenvalue weighted by Gasteiger charge is 2.20. The first kappa shape index (κ1) is 29.7. The highest BCUT2D eigenvalue weighted by molar-refractivity contribution is 5.59. The highest BCUT2D eigenvalue weighted by Crippen LogP contribution is 2.34. The van der Waals surface area contributed by atoms with Crippen molar-refractivity contribution in [3.05, 3.63) is 48.2 Å². The predicted octanol–water partition coefficient (Wildman–Crippen LogP) is 11.0. The fraction of sp³-hybridized carbons (Fsp3) is 0.686. The zero-order valence-electron chi connectivity index (χ0n) is 24.2. The third-order valence-electron chi connectivity index (χ3n) is 8.53. The fourth-order valence-electron chi connectivity index (χ4n) is 5.94. The first-order valence-corrected chi connectivity index (χ1v) is 16.0. The van der Waals surface area contributed by atoms with Gasteiger partial charge in [0.15, 0.2) is 0 Å². The largest absolute Gasteiger partial charge is 0.492 e. The Balaban J connectivity index is 1.29. The third kappa shape index (κ3) is 12.1. The van der Waals surface area contributed by atoms with Crippen LogP contribution < -0.4 is 4.74 Å². The molecule has 1 aliphatic carbocycles. The van der Waals surface area contributed by atoms with E-state index in [0.717, 1.165) is 36.3 Å². The van der Waals surface area contributed by atoms with Crippen LogP contribution in [0.5, 0.6) is 5.75 Å². The van der Waals surface area contributed by atoms with Crippen molar-refractivity contribution in [1.29, 1.82) is 0 Å². The molecule has 1 saturated carbocycles. The van der Waals surface area contributed by atoms with Crippen LogP contribution in [0.3, 0.4) is 0 Å². The Labute approximate surface area is 229 Å². The SMILES string of the molecule is CCCCCCCCOc1ccc(-c2ccc(CCC3CCC(CCCCCCCC)CC3)cc2)nc1. The zero-order chi connectivity index (χ0) is 26.0. The van der Waals surface area contributed by atoms with E-state index in [-0.39, 0.29) is 0 Å². The lowest BCUT2D eigenvalue weighted by molar-refractivity contribution is 0.248. The molecule has 1 fully saturated rings. The summed E-state index contributed by atoms with van der Waals surface area (Å²) in [5, 5.41) is 0. The molecule has 0 atom stereocenters. The summed E-state index contributed by atoms with van der Waals surface area (Å²) >= 11 is 0. The summed E-state index contributed by atoms with van der Waals surface area (Å²) in [6.07, 6.45) is 28.1. The molecule has 1 aromatic heterocycles. The quantitative estimate of drug-likeness (QED) is 0.177. The molecule has 0 N–H and O–H groups in total. The molecular weight excluding hydrogens is 450 g/mol. The van der Waals surface area contributed by atoms with Gasteiger partial charge in [-0.1, -0.05) is 141 Å². The molecule has 0 bridgehead atoms. The van der Waals surface area contributed by atoms with Gasteiger partial charge in [-0.05, 0) is 48.8 Å². The Hall–Kier alpha value is -1.83. The third-order valence-corrected chi connectivity index (χ3v) is 8.53. The molecule has 1 aromatic carbocycles. The average molecular weight is 506 g/mol. The minimum Gasteiger partial charge on any atom is -0.492 e. The molecule has 0 aliphatic heterocycles. The lowest BCUT2D eigenvalue weighted by Gasteiger charge is -2.28. The van der Waals surface area contributed by atoms with Gasteiger partial charge in [-0.25, -0.2) is 0 Å². The van der Waals surface area contributed by atoms with Gasteiger partial charge in [-0.15, -0.1) is 0 Å². The second-order valence-electron chi connectivity index (χ2n) is 11.7. The van der Waals surface area contributed by atoms with Crippen LogP contribution in [-0.4, -0.2) is 11.6 Å². The van der Waals surface area contributed by atoms with E-state index >= 15 is 0 Å². The summed E-state index contributed by atoms with van der Waals surface area (Å²) in [4.78, 5) is 4.66. The van der Waals surface area contributed by atoms with Gasteiger partial charge in [0.1, 0.15) is 5.75 Å². The molecule has 2 aromatic rings. The number of ether oxygens (including phenoxy) is 1. The first-order valence-electron chi connectivity index (χ1n) is 16.0. The van der Waals surface area contributed by atoms with E-state index < -0.39 is 0 Å². The van der Waals surface area contributed by atoms with Gasteiger partial charge >= 0.3 is 0 Å². The van der Waals surface area contributed by atoms with Crippen LogP contribution in [0.25, 0.3) is 11.3 Å². The number of unbranched alkanes of at least 4 members (excludes halogenated alkanes) is 10. The van der Waals surface area contributed by atoms with E-state index in [4.69, 9.17) is 4.74 Å². The summed E-state index contributed by atoms with van der Waals surface area (Å²) in [6, 6.07) is 13.3. The van der Waals surface area contributed by atoms with Crippen molar-refractivity contribution in [3.63, 3.8) is 0 Å². The molecule has 206 valence electrons. The van der Waals surface area contributed by atoms with Gasteiger partial charge < -0.3 is 4.74 Å². The monoisotopic (exact) mass is 505 g/mol. The van der Waals surface area contributed by atoms with Crippen molar-refractivity contribution < 1.29 is 4.74 Å². The number of aryl methyl sites for hydroxylation is 1. The van der Waals surface area contributed by atoms with E-state index in [1.54, 1.807) is 0 Å². The number of hydrogen-bond acceptors (Lipinski definition) is 2. The molecule has 2 heteroatoms. The Kier molecular flexibility index (Phi) is 14.8. The number of benzene rings is 1. The van der Waals surface area contributed by atoms with Crippen LogP contribution in [0.15, 0.2) is 42.6 Å². The zero-order valence-corrected chi connectivity index (χ0v) is 24.2. The maximum absolute atomic E-state index is 5.89. The average Bonchev–Trinajstić information content (AvgIpc) is 2.94. The van der Waals surface area contributed by atoms with Crippen LogP contribution >= 0.6 is 0 Å². The maximum atomic E-state index is 5.89. The van der Waals surface area contributed by atoms with E-state index in [0.29, 0.717) is 0 Å². The molecule has 1 heterocycles. The summed E-state index contributed by atoms with van der Waals surface area (Å²) in [7, 11) is 0. The van der Waals surface area contributed by atoms with Crippen LogP contribution in [0.2, 0.25) is 0 Å². The maximum Gasteiger partial charge on any atom is 0.137 e. The molecule has 37 heavy (non-hydrogen) atoms. The summed E-state index contributed by atoms with van der Waals surface area (Å²) < 4.78 is 5.89. The van der Waals surface area contributed by atoms with E-state index in [2.05, 4.69) is 55.2 Å². The molecule has 0 amide bonds.